The first-order chi connectivity index (χ1) is 9.49. The van der Waals surface area contributed by atoms with Crippen LogP contribution in [0.2, 0.25) is 0 Å². The van der Waals surface area contributed by atoms with Crippen LogP contribution in [0.4, 0.5) is 0 Å². The van der Waals surface area contributed by atoms with Crippen molar-refractivity contribution in [2.24, 2.45) is 11.3 Å². The van der Waals surface area contributed by atoms with Gasteiger partial charge in [0, 0.05) is 19.1 Å². The van der Waals surface area contributed by atoms with Gasteiger partial charge in [-0.05, 0) is 50.0 Å². The van der Waals surface area contributed by atoms with E-state index in [4.69, 9.17) is 0 Å². The molecule has 0 spiro atoms. The van der Waals surface area contributed by atoms with Crippen molar-refractivity contribution in [2.75, 3.05) is 26.2 Å². The zero-order chi connectivity index (χ0) is 14.8. The van der Waals surface area contributed by atoms with Gasteiger partial charge in [-0.1, -0.05) is 27.7 Å². The van der Waals surface area contributed by atoms with Gasteiger partial charge in [0.25, 0.3) is 0 Å². The van der Waals surface area contributed by atoms with Crippen LogP contribution in [-0.2, 0) is 0 Å². The first kappa shape index (κ1) is 16.3. The van der Waals surface area contributed by atoms with Crippen molar-refractivity contribution in [3.8, 4) is 0 Å². The maximum absolute atomic E-state index is 10.1. The van der Waals surface area contributed by atoms with Gasteiger partial charge in [-0.15, -0.1) is 0 Å². The number of likely N-dealkylation sites (tertiary alicyclic amines) is 1. The second-order valence-corrected chi connectivity index (χ2v) is 7.56. The number of hydrogen-bond donors (Lipinski definition) is 2. The number of nitrogens with one attached hydrogen (secondary N) is 1. The zero-order valence-corrected chi connectivity index (χ0v) is 13.9. The normalized spacial score (nSPS) is 26.1. The minimum Gasteiger partial charge on any atom is -0.394 e. The molecule has 3 heteroatoms. The van der Waals surface area contributed by atoms with E-state index in [2.05, 4.69) is 37.9 Å². The Morgan fingerprint density at radius 3 is 2.35 bits per heavy atom. The Hall–Kier alpha value is -0.120. The lowest BCUT2D eigenvalue weighted by Gasteiger charge is -2.39. The fourth-order valence-electron chi connectivity index (χ4n) is 4.12. The van der Waals surface area contributed by atoms with Crippen LogP contribution in [0.25, 0.3) is 0 Å². The molecule has 2 rings (SSSR count). The summed E-state index contributed by atoms with van der Waals surface area (Å²) < 4.78 is 0. The van der Waals surface area contributed by atoms with Crippen molar-refractivity contribution >= 4 is 0 Å². The van der Waals surface area contributed by atoms with Crippen LogP contribution in [0.1, 0.15) is 59.8 Å². The molecule has 1 heterocycles. The van der Waals surface area contributed by atoms with Crippen molar-refractivity contribution in [1.82, 2.24) is 10.2 Å². The van der Waals surface area contributed by atoms with Crippen molar-refractivity contribution in [3.05, 3.63) is 0 Å². The van der Waals surface area contributed by atoms with Crippen molar-refractivity contribution in [2.45, 2.75) is 71.4 Å². The lowest BCUT2D eigenvalue weighted by Crippen LogP contribution is -2.59. The molecule has 2 fully saturated rings. The van der Waals surface area contributed by atoms with E-state index in [9.17, 15) is 5.11 Å². The monoisotopic (exact) mass is 282 g/mol. The van der Waals surface area contributed by atoms with Crippen LogP contribution in [0.5, 0.6) is 0 Å². The Morgan fingerprint density at radius 2 is 1.95 bits per heavy atom. The predicted octanol–water partition coefficient (Wildman–Crippen LogP) is 2.64. The van der Waals surface area contributed by atoms with E-state index < -0.39 is 0 Å². The van der Waals surface area contributed by atoms with Gasteiger partial charge in [0.15, 0.2) is 0 Å². The van der Waals surface area contributed by atoms with Crippen LogP contribution in [0, 0.1) is 11.3 Å². The summed E-state index contributed by atoms with van der Waals surface area (Å²) in [5, 5.41) is 13.8. The standard InChI is InChI=1S/C17H34N2O/c1-5-16(6-2)9-10-19(11-16)12-17(13-20,15-7-8-15)18-14(3)4/h14-15,18,20H,5-13H2,1-4H3. The first-order valence-electron chi connectivity index (χ1n) is 8.60. The Labute approximate surface area is 125 Å². The number of hydrogen-bond acceptors (Lipinski definition) is 3. The molecule has 1 unspecified atom stereocenters. The molecule has 2 aliphatic rings. The third-order valence-corrected chi connectivity index (χ3v) is 5.74. The minimum absolute atomic E-state index is 0.0638. The highest BCUT2D eigenvalue weighted by atomic mass is 16.3. The van der Waals surface area contributed by atoms with E-state index in [0.717, 1.165) is 6.54 Å². The van der Waals surface area contributed by atoms with Gasteiger partial charge in [0.1, 0.15) is 0 Å². The fourth-order valence-corrected chi connectivity index (χ4v) is 4.12. The molecular formula is C17H34N2O. The average Bonchev–Trinajstić information content (AvgIpc) is 3.21. The van der Waals surface area contributed by atoms with Gasteiger partial charge < -0.3 is 15.3 Å². The van der Waals surface area contributed by atoms with Gasteiger partial charge in [-0.2, -0.15) is 0 Å². The van der Waals surface area contributed by atoms with E-state index in [1.807, 2.05) is 0 Å². The Bertz CT molecular complexity index is 310. The molecule has 1 aliphatic carbocycles. The summed E-state index contributed by atoms with van der Waals surface area (Å²) >= 11 is 0. The highest BCUT2D eigenvalue weighted by Gasteiger charge is 2.47. The molecule has 1 aliphatic heterocycles. The highest BCUT2D eigenvalue weighted by Crippen LogP contribution is 2.43. The quantitative estimate of drug-likeness (QED) is 0.718. The van der Waals surface area contributed by atoms with Gasteiger partial charge in [-0.25, -0.2) is 0 Å². The largest absolute Gasteiger partial charge is 0.394 e. The summed E-state index contributed by atoms with van der Waals surface area (Å²) in [6.07, 6.45) is 6.45. The van der Waals surface area contributed by atoms with Crippen LogP contribution in [0.15, 0.2) is 0 Å². The molecule has 2 N–H and O–H groups in total. The summed E-state index contributed by atoms with van der Waals surface area (Å²) in [6, 6.07) is 0.437. The second kappa shape index (κ2) is 6.33. The van der Waals surface area contributed by atoms with Crippen LogP contribution >= 0.6 is 0 Å². The molecule has 0 aromatic heterocycles. The van der Waals surface area contributed by atoms with E-state index in [-0.39, 0.29) is 12.1 Å². The zero-order valence-electron chi connectivity index (χ0n) is 13.9. The lowest BCUT2D eigenvalue weighted by atomic mass is 9.82. The van der Waals surface area contributed by atoms with E-state index in [0.29, 0.717) is 17.4 Å². The molecule has 20 heavy (non-hydrogen) atoms. The maximum atomic E-state index is 10.1. The van der Waals surface area contributed by atoms with Gasteiger partial charge in [0.2, 0.25) is 0 Å². The van der Waals surface area contributed by atoms with E-state index in [1.54, 1.807) is 0 Å². The van der Waals surface area contributed by atoms with Gasteiger partial charge in [0.05, 0.1) is 12.1 Å². The smallest absolute Gasteiger partial charge is 0.0628 e. The van der Waals surface area contributed by atoms with E-state index in [1.165, 1.54) is 45.2 Å². The summed E-state index contributed by atoms with van der Waals surface area (Å²) in [4.78, 5) is 2.61. The predicted molar refractivity (Wildman–Crippen MR) is 84.9 cm³/mol. The number of aliphatic hydroxyl groups is 1. The van der Waals surface area contributed by atoms with Crippen LogP contribution < -0.4 is 5.32 Å². The topological polar surface area (TPSA) is 35.5 Å². The van der Waals surface area contributed by atoms with Gasteiger partial charge >= 0.3 is 0 Å². The number of nitrogens with zero attached hydrogens (tertiary/aromatic N) is 1. The lowest BCUT2D eigenvalue weighted by molar-refractivity contribution is 0.0868. The molecule has 1 saturated heterocycles. The SMILES string of the molecule is CCC1(CC)CCN(CC(CO)(NC(C)C)C2CC2)C1. The Balaban J connectivity index is 2.02. The second-order valence-electron chi connectivity index (χ2n) is 7.56. The van der Waals surface area contributed by atoms with Crippen LogP contribution in [-0.4, -0.2) is 47.8 Å². The Morgan fingerprint density at radius 1 is 1.30 bits per heavy atom. The molecule has 1 atom stereocenters. The molecule has 118 valence electrons. The Kier molecular flexibility index (Phi) is 5.14. The molecule has 3 nitrogen and oxygen atoms in total. The summed E-state index contributed by atoms with van der Waals surface area (Å²) in [5.74, 6) is 0.674. The summed E-state index contributed by atoms with van der Waals surface area (Å²) in [7, 11) is 0. The number of rotatable bonds is 8. The highest BCUT2D eigenvalue weighted by molar-refractivity contribution is 5.05. The van der Waals surface area contributed by atoms with E-state index >= 15 is 0 Å². The first-order valence-corrected chi connectivity index (χ1v) is 8.60. The minimum atomic E-state index is -0.0638. The average molecular weight is 282 g/mol. The fraction of sp³-hybridized carbons (Fsp3) is 1.00. The van der Waals surface area contributed by atoms with Gasteiger partial charge in [-0.3, -0.25) is 0 Å². The molecule has 0 aromatic rings. The molecule has 0 amide bonds. The van der Waals surface area contributed by atoms with Crippen molar-refractivity contribution in [1.29, 1.82) is 0 Å². The molecule has 0 aromatic carbocycles. The number of aliphatic hydroxyl groups excluding tert-OH is 1. The molecule has 0 bridgehead atoms. The molecule has 1 saturated carbocycles. The molecular weight excluding hydrogens is 248 g/mol. The van der Waals surface area contributed by atoms with Crippen LogP contribution in [0.3, 0.4) is 0 Å². The molecule has 0 radical (unpaired) electrons. The summed E-state index contributed by atoms with van der Waals surface area (Å²) in [6.45, 7) is 12.8. The third kappa shape index (κ3) is 3.37. The summed E-state index contributed by atoms with van der Waals surface area (Å²) in [5.41, 5.74) is 0.467. The maximum Gasteiger partial charge on any atom is 0.0628 e. The van der Waals surface area contributed by atoms with Crippen molar-refractivity contribution < 1.29 is 5.11 Å². The van der Waals surface area contributed by atoms with Crippen molar-refractivity contribution in [3.63, 3.8) is 0 Å². The third-order valence-electron chi connectivity index (χ3n) is 5.74.